The van der Waals surface area contributed by atoms with Crippen molar-refractivity contribution in [2.24, 2.45) is 0 Å². The Bertz CT molecular complexity index is 470. The molecule has 0 aliphatic heterocycles. The summed E-state index contributed by atoms with van der Waals surface area (Å²) in [6.45, 7) is 1.57. The number of nitrogens with zero attached hydrogens (tertiary/aromatic N) is 3. The summed E-state index contributed by atoms with van der Waals surface area (Å²) < 4.78 is 0. The van der Waals surface area contributed by atoms with Gasteiger partial charge in [0.25, 0.3) is 0 Å². The maximum absolute atomic E-state index is 5.74. The smallest absolute Gasteiger partial charge is 0.142 e. The van der Waals surface area contributed by atoms with Gasteiger partial charge in [-0.1, -0.05) is 12.1 Å². The zero-order chi connectivity index (χ0) is 12.1. The highest BCUT2D eigenvalue weighted by atomic mass is 15.1. The van der Waals surface area contributed by atoms with Crippen LogP contribution in [0, 0.1) is 0 Å². The van der Waals surface area contributed by atoms with Crippen LogP contribution in [0.25, 0.3) is 0 Å². The molecular weight excluding hydrogens is 212 g/mol. The van der Waals surface area contributed by atoms with Gasteiger partial charge in [-0.2, -0.15) is 0 Å². The molecule has 1 aromatic heterocycles. The van der Waals surface area contributed by atoms with Crippen molar-refractivity contribution in [3.05, 3.63) is 54.1 Å². The maximum Gasteiger partial charge on any atom is 0.142 e. The Morgan fingerprint density at radius 2 is 1.88 bits per heavy atom. The van der Waals surface area contributed by atoms with Crippen LogP contribution in [0.4, 0.5) is 5.69 Å². The Labute approximate surface area is 101 Å². The summed E-state index contributed by atoms with van der Waals surface area (Å²) in [5, 5.41) is 0. The van der Waals surface area contributed by atoms with Crippen LogP contribution in [-0.4, -0.2) is 21.9 Å². The van der Waals surface area contributed by atoms with Gasteiger partial charge in [-0.05, 0) is 30.8 Å². The van der Waals surface area contributed by atoms with Crippen molar-refractivity contribution >= 4 is 5.69 Å². The molecule has 2 rings (SSSR count). The highest BCUT2D eigenvalue weighted by Gasteiger charge is 2.03. The van der Waals surface area contributed by atoms with Gasteiger partial charge in [0.1, 0.15) is 5.82 Å². The van der Waals surface area contributed by atoms with Crippen LogP contribution in [0.3, 0.4) is 0 Å². The fourth-order valence-corrected chi connectivity index (χ4v) is 1.71. The third-order valence-electron chi connectivity index (χ3n) is 2.43. The second-order valence-corrected chi connectivity index (χ2v) is 4.08. The van der Waals surface area contributed by atoms with Gasteiger partial charge in [0.05, 0.1) is 6.54 Å². The van der Waals surface area contributed by atoms with Crippen molar-refractivity contribution in [3.63, 3.8) is 0 Å². The zero-order valence-electron chi connectivity index (χ0n) is 9.87. The number of rotatable bonds is 4. The Kier molecular flexibility index (Phi) is 3.67. The molecule has 0 aliphatic rings. The maximum atomic E-state index is 5.74. The van der Waals surface area contributed by atoms with Crippen molar-refractivity contribution in [2.75, 3.05) is 12.8 Å². The molecule has 0 fully saturated rings. The zero-order valence-corrected chi connectivity index (χ0v) is 9.87. The average molecular weight is 228 g/mol. The molecule has 0 aliphatic carbocycles. The first-order valence-corrected chi connectivity index (χ1v) is 5.53. The topological polar surface area (TPSA) is 55.0 Å². The molecule has 4 heteroatoms. The minimum atomic E-state index is 0.732. The molecule has 0 amide bonds. The van der Waals surface area contributed by atoms with Crippen molar-refractivity contribution in [3.8, 4) is 0 Å². The molecule has 17 heavy (non-hydrogen) atoms. The Morgan fingerprint density at radius 3 is 2.59 bits per heavy atom. The van der Waals surface area contributed by atoms with Crippen LogP contribution in [-0.2, 0) is 13.1 Å². The highest BCUT2D eigenvalue weighted by molar-refractivity contribution is 5.40. The number of benzene rings is 1. The van der Waals surface area contributed by atoms with E-state index in [1.165, 1.54) is 5.56 Å². The van der Waals surface area contributed by atoms with E-state index in [4.69, 9.17) is 5.73 Å². The van der Waals surface area contributed by atoms with E-state index in [9.17, 15) is 0 Å². The second kappa shape index (κ2) is 5.41. The number of anilines is 1. The molecule has 0 saturated heterocycles. The molecular formula is C13H16N4. The molecule has 88 valence electrons. The van der Waals surface area contributed by atoms with Crippen molar-refractivity contribution in [1.29, 1.82) is 0 Å². The van der Waals surface area contributed by atoms with E-state index in [1.807, 2.05) is 31.3 Å². The van der Waals surface area contributed by atoms with Gasteiger partial charge in [0.15, 0.2) is 0 Å². The van der Waals surface area contributed by atoms with Gasteiger partial charge in [0, 0.05) is 24.6 Å². The summed E-state index contributed by atoms with van der Waals surface area (Å²) in [4.78, 5) is 10.6. The summed E-state index contributed by atoms with van der Waals surface area (Å²) in [5.74, 6) is 0.832. The molecule has 0 radical (unpaired) electrons. The lowest BCUT2D eigenvalue weighted by Crippen LogP contribution is -2.18. The first kappa shape index (κ1) is 11.5. The summed E-state index contributed by atoms with van der Waals surface area (Å²) in [5.41, 5.74) is 7.74. The monoisotopic (exact) mass is 228 g/mol. The molecule has 0 atom stereocenters. The third-order valence-corrected chi connectivity index (χ3v) is 2.43. The van der Waals surface area contributed by atoms with Crippen LogP contribution < -0.4 is 5.73 Å². The molecule has 0 spiro atoms. The van der Waals surface area contributed by atoms with E-state index in [0.29, 0.717) is 0 Å². The molecule has 1 aromatic carbocycles. The molecule has 0 unspecified atom stereocenters. The average Bonchev–Trinajstić information content (AvgIpc) is 2.30. The highest BCUT2D eigenvalue weighted by Crippen LogP contribution is 2.09. The Balaban J connectivity index is 1.96. The van der Waals surface area contributed by atoms with Gasteiger partial charge >= 0.3 is 0 Å². The van der Waals surface area contributed by atoms with Gasteiger partial charge in [-0.3, -0.25) is 4.90 Å². The number of nitrogen functional groups attached to an aromatic ring is 1. The SMILES string of the molecule is CN(Cc1cccc(N)c1)Cc1ncccn1. The molecule has 2 aromatic rings. The van der Waals surface area contributed by atoms with Gasteiger partial charge < -0.3 is 5.73 Å². The molecule has 0 saturated carbocycles. The largest absolute Gasteiger partial charge is 0.399 e. The number of hydrogen-bond donors (Lipinski definition) is 1. The lowest BCUT2D eigenvalue weighted by Gasteiger charge is -2.15. The van der Waals surface area contributed by atoms with Gasteiger partial charge in [0.2, 0.25) is 0 Å². The fraction of sp³-hybridized carbons (Fsp3) is 0.231. The normalized spacial score (nSPS) is 10.7. The molecule has 0 bridgehead atoms. The predicted octanol–water partition coefficient (Wildman–Crippen LogP) is 1.69. The minimum Gasteiger partial charge on any atom is -0.399 e. The minimum absolute atomic E-state index is 0.732. The fourth-order valence-electron chi connectivity index (χ4n) is 1.71. The van der Waals surface area contributed by atoms with Gasteiger partial charge in [-0.15, -0.1) is 0 Å². The van der Waals surface area contributed by atoms with Crippen LogP contribution in [0.1, 0.15) is 11.4 Å². The number of hydrogen-bond acceptors (Lipinski definition) is 4. The number of nitrogens with two attached hydrogens (primary N) is 1. The Hall–Kier alpha value is -1.94. The van der Waals surface area contributed by atoms with E-state index in [2.05, 4.69) is 20.9 Å². The second-order valence-electron chi connectivity index (χ2n) is 4.08. The third kappa shape index (κ3) is 3.53. The number of aromatic nitrogens is 2. The Morgan fingerprint density at radius 1 is 1.12 bits per heavy atom. The summed E-state index contributed by atoms with van der Waals surface area (Å²) in [6, 6.07) is 9.74. The molecule has 1 heterocycles. The standard InChI is InChI=1S/C13H16N4/c1-17(10-13-15-6-3-7-16-13)9-11-4-2-5-12(14)8-11/h2-8H,9-10,14H2,1H3. The van der Waals surface area contributed by atoms with E-state index in [-0.39, 0.29) is 0 Å². The van der Waals surface area contributed by atoms with Crippen LogP contribution in [0.2, 0.25) is 0 Å². The van der Waals surface area contributed by atoms with Crippen molar-refractivity contribution in [2.45, 2.75) is 13.1 Å². The molecule has 2 N–H and O–H groups in total. The van der Waals surface area contributed by atoms with Crippen molar-refractivity contribution < 1.29 is 0 Å². The summed E-state index contributed by atoms with van der Waals surface area (Å²) in [6.07, 6.45) is 3.52. The van der Waals surface area contributed by atoms with E-state index < -0.39 is 0 Å². The van der Waals surface area contributed by atoms with Crippen LogP contribution >= 0.6 is 0 Å². The van der Waals surface area contributed by atoms with E-state index in [0.717, 1.165) is 24.6 Å². The lowest BCUT2D eigenvalue weighted by molar-refractivity contribution is 0.310. The summed E-state index contributed by atoms with van der Waals surface area (Å²) in [7, 11) is 2.04. The van der Waals surface area contributed by atoms with Gasteiger partial charge in [-0.25, -0.2) is 9.97 Å². The van der Waals surface area contributed by atoms with Crippen molar-refractivity contribution in [1.82, 2.24) is 14.9 Å². The first-order valence-electron chi connectivity index (χ1n) is 5.53. The van der Waals surface area contributed by atoms with E-state index >= 15 is 0 Å². The first-order chi connectivity index (χ1) is 8.24. The molecule has 4 nitrogen and oxygen atoms in total. The van der Waals surface area contributed by atoms with E-state index in [1.54, 1.807) is 12.4 Å². The quantitative estimate of drug-likeness (QED) is 0.809. The van der Waals surface area contributed by atoms with Crippen LogP contribution in [0.15, 0.2) is 42.7 Å². The van der Waals surface area contributed by atoms with Crippen LogP contribution in [0.5, 0.6) is 0 Å². The lowest BCUT2D eigenvalue weighted by atomic mass is 10.2. The predicted molar refractivity (Wildman–Crippen MR) is 68.1 cm³/mol. The summed E-state index contributed by atoms with van der Waals surface area (Å²) >= 11 is 0.